The first kappa shape index (κ1) is 16.6. The van der Waals surface area contributed by atoms with Gasteiger partial charge in [0.05, 0.1) is 12.5 Å². The van der Waals surface area contributed by atoms with Crippen molar-refractivity contribution in [3.05, 3.63) is 48.6 Å². The maximum absolute atomic E-state index is 12.5. The largest absolute Gasteiger partial charge is 0.469 e. The van der Waals surface area contributed by atoms with Crippen LogP contribution in [0.25, 0.3) is 0 Å². The molecule has 0 saturated heterocycles. The van der Waals surface area contributed by atoms with Crippen LogP contribution in [0.15, 0.2) is 43.0 Å². The van der Waals surface area contributed by atoms with Crippen molar-refractivity contribution in [3.63, 3.8) is 0 Å². The van der Waals surface area contributed by atoms with E-state index >= 15 is 0 Å². The van der Waals surface area contributed by atoms with Crippen molar-refractivity contribution < 1.29 is 19.1 Å². The SMILES string of the molecule is C=CCOC(=O)N(CC1(C(=O)OC)CC1)[C@H]1CC1c1ccccc1. The van der Waals surface area contributed by atoms with E-state index < -0.39 is 5.41 Å². The number of esters is 1. The molecule has 1 unspecified atom stereocenters. The van der Waals surface area contributed by atoms with Gasteiger partial charge in [0.25, 0.3) is 0 Å². The fourth-order valence-corrected chi connectivity index (χ4v) is 3.24. The molecule has 0 N–H and O–H groups in total. The predicted octanol–water partition coefficient (Wildman–Crippen LogP) is 3.12. The van der Waals surface area contributed by atoms with Gasteiger partial charge in [-0.25, -0.2) is 4.79 Å². The fourth-order valence-electron chi connectivity index (χ4n) is 3.24. The lowest BCUT2D eigenvalue weighted by Crippen LogP contribution is -2.41. The highest BCUT2D eigenvalue weighted by Crippen LogP contribution is 2.51. The lowest BCUT2D eigenvalue weighted by Gasteiger charge is -2.26. The zero-order chi connectivity index (χ0) is 17.2. The van der Waals surface area contributed by atoms with E-state index in [-0.39, 0.29) is 24.7 Å². The molecular weight excluding hydrogens is 306 g/mol. The molecule has 0 spiro atoms. The third kappa shape index (κ3) is 3.30. The normalized spacial score (nSPS) is 23.0. The zero-order valence-electron chi connectivity index (χ0n) is 13.9. The molecule has 5 heteroatoms. The van der Waals surface area contributed by atoms with Crippen molar-refractivity contribution in [1.82, 2.24) is 4.90 Å². The molecule has 1 aromatic carbocycles. The molecule has 0 heterocycles. The van der Waals surface area contributed by atoms with E-state index in [9.17, 15) is 9.59 Å². The van der Waals surface area contributed by atoms with Crippen LogP contribution in [0.1, 0.15) is 30.7 Å². The third-order valence-corrected chi connectivity index (χ3v) is 4.89. The van der Waals surface area contributed by atoms with Gasteiger partial charge in [0, 0.05) is 18.5 Å². The van der Waals surface area contributed by atoms with Gasteiger partial charge < -0.3 is 14.4 Å². The number of carbonyl (C=O) groups is 2. The van der Waals surface area contributed by atoms with Crippen molar-refractivity contribution >= 4 is 12.1 Å². The average molecular weight is 329 g/mol. The molecule has 1 aromatic rings. The Balaban J connectivity index is 1.73. The van der Waals surface area contributed by atoms with Gasteiger partial charge in [-0.3, -0.25) is 4.79 Å². The highest BCUT2D eigenvalue weighted by molar-refractivity contribution is 5.81. The van der Waals surface area contributed by atoms with Crippen molar-refractivity contribution in [2.24, 2.45) is 5.41 Å². The topological polar surface area (TPSA) is 55.8 Å². The van der Waals surface area contributed by atoms with Crippen LogP contribution in [0.3, 0.4) is 0 Å². The van der Waals surface area contributed by atoms with Crippen molar-refractivity contribution in [2.75, 3.05) is 20.3 Å². The summed E-state index contributed by atoms with van der Waals surface area (Å²) in [5.41, 5.74) is 0.665. The van der Waals surface area contributed by atoms with Crippen LogP contribution >= 0.6 is 0 Å². The molecule has 2 aliphatic rings. The molecule has 0 aliphatic heterocycles. The van der Waals surface area contributed by atoms with Gasteiger partial charge in [0.15, 0.2) is 0 Å². The zero-order valence-corrected chi connectivity index (χ0v) is 13.9. The van der Waals surface area contributed by atoms with Crippen LogP contribution in [0, 0.1) is 5.41 Å². The Morgan fingerprint density at radius 3 is 2.62 bits per heavy atom. The van der Waals surface area contributed by atoms with Crippen LogP contribution < -0.4 is 0 Å². The molecule has 2 fully saturated rings. The summed E-state index contributed by atoms with van der Waals surface area (Å²) in [6, 6.07) is 10.2. The number of hydrogen-bond donors (Lipinski definition) is 0. The average Bonchev–Trinajstić information content (AvgIpc) is 3.52. The molecule has 3 rings (SSSR count). The van der Waals surface area contributed by atoms with Crippen LogP contribution in [-0.4, -0.2) is 43.3 Å². The Morgan fingerprint density at radius 2 is 2.04 bits per heavy atom. The van der Waals surface area contributed by atoms with E-state index in [0.29, 0.717) is 12.5 Å². The van der Waals surface area contributed by atoms with Gasteiger partial charge >= 0.3 is 12.1 Å². The Kier molecular flexibility index (Phi) is 4.60. The van der Waals surface area contributed by atoms with Crippen LogP contribution in [0.4, 0.5) is 4.79 Å². The van der Waals surface area contributed by atoms with Gasteiger partial charge in [-0.05, 0) is 24.8 Å². The van der Waals surface area contributed by atoms with Crippen LogP contribution in [0.5, 0.6) is 0 Å². The number of ether oxygens (including phenoxy) is 2. The van der Waals surface area contributed by atoms with E-state index in [1.807, 2.05) is 18.2 Å². The number of carbonyl (C=O) groups excluding carboxylic acids is 2. The molecule has 5 nitrogen and oxygen atoms in total. The maximum atomic E-state index is 12.5. The third-order valence-electron chi connectivity index (χ3n) is 4.89. The van der Waals surface area contributed by atoms with E-state index in [1.54, 1.807) is 11.0 Å². The van der Waals surface area contributed by atoms with Gasteiger partial charge in [0.1, 0.15) is 6.61 Å². The number of rotatable bonds is 7. The molecule has 24 heavy (non-hydrogen) atoms. The minimum atomic E-state index is -0.550. The highest BCUT2D eigenvalue weighted by atomic mass is 16.6. The van der Waals surface area contributed by atoms with Gasteiger partial charge in [0.2, 0.25) is 0 Å². The van der Waals surface area contributed by atoms with Crippen molar-refractivity contribution in [1.29, 1.82) is 0 Å². The number of amides is 1. The maximum Gasteiger partial charge on any atom is 0.410 e. The second-order valence-corrected chi connectivity index (χ2v) is 6.59. The van der Waals surface area contributed by atoms with Crippen molar-refractivity contribution in [2.45, 2.75) is 31.2 Å². The molecule has 1 amide bonds. The molecule has 128 valence electrons. The van der Waals surface area contributed by atoms with E-state index in [2.05, 4.69) is 18.7 Å². The second-order valence-electron chi connectivity index (χ2n) is 6.59. The van der Waals surface area contributed by atoms with E-state index in [0.717, 1.165) is 19.3 Å². The predicted molar refractivity (Wildman–Crippen MR) is 89.5 cm³/mol. The molecule has 0 radical (unpaired) electrons. The molecular formula is C19H23NO4. The summed E-state index contributed by atoms with van der Waals surface area (Å²) in [4.78, 5) is 26.2. The number of hydrogen-bond acceptors (Lipinski definition) is 4. The van der Waals surface area contributed by atoms with E-state index in [4.69, 9.17) is 9.47 Å². The van der Waals surface area contributed by atoms with E-state index in [1.165, 1.54) is 12.7 Å². The summed E-state index contributed by atoms with van der Waals surface area (Å²) in [5.74, 6) is 0.0665. The van der Waals surface area contributed by atoms with Crippen LogP contribution in [0.2, 0.25) is 0 Å². The molecule has 2 atom stereocenters. The lowest BCUT2D eigenvalue weighted by molar-refractivity contribution is -0.147. The number of benzene rings is 1. The quantitative estimate of drug-likeness (QED) is 0.570. The summed E-state index contributed by atoms with van der Waals surface area (Å²) in [6.07, 6.45) is 3.57. The first-order chi connectivity index (χ1) is 11.6. The molecule has 0 aromatic heterocycles. The van der Waals surface area contributed by atoms with Gasteiger partial charge in [-0.1, -0.05) is 43.0 Å². The first-order valence-electron chi connectivity index (χ1n) is 8.29. The Hall–Kier alpha value is -2.30. The standard InChI is InChI=1S/C19H23NO4/c1-3-11-24-18(22)20(13-19(9-10-19)17(21)23-2)16-12-15(16)14-7-5-4-6-8-14/h3-8,15-16H,1,9-13H2,2H3/t15?,16-/m0/s1. The lowest BCUT2D eigenvalue weighted by atomic mass is 10.1. The summed E-state index contributed by atoms with van der Waals surface area (Å²) < 4.78 is 10.2. The second kappa shape index (κ2) is 6.67. The summed E-state index contributed by atoms with van der Waals surface area (Å²) in [5, 5.41) is 0. The van der Waals surface area contributed by atoms with Gasteiger partial charge in [-0.15, -0.1) is 0 Å². The Morgan fingerprint density at radius 1 is 1.33 bits per heavy atom. The smallest absolute Gasteiger partial charge is 0.410 e. The monoisotopic (exact) mass is 329 g/mol. The first-order valence-corrected chi connectivity index (χ1v) is 8.29. The van der Waals surface area contributed by atoms with Crippen molar-refractivity contribution in [3.8, 4) is 0 Å². The Labute approximate surface area is 142 Å². The summed E-state index contributed by atoms with van der Waals surface area (Å²) in [6.45, 7) is 4.11. The number of methoxy groups -OCH3 is 1. The fraction of sp³-hybridized carbons (Fsp3) is 0.474. The minimum absolute atomic E-state index is 0.0758. The Bertz CT molecular complexity index is 624. The van der Waals surface area contributed by atoms with Gasteiger partial charge in [-0.2, -0.15) is 0 Å². The van der Waals surface area contributed by atoms with Crippen LogP contribution in [-0.2, 0) is 14.3 Å². The molecule has 0 bridgehead atoms. The number of nitrogens with zero attached hydrogens (tertiary/aromatic N) is 1. The molecule has 2 aliphatic carbocycles. The minimum Gasteiger partial charge on any atom is -0.469 e. The summed E-state index contributed by atoms with van der Waals surface area (Å²) >= 11 is 0. The molecule has 2 saturated carbocycles. The highest BCUT2D eigenvalue weighted by Gasteiger charge is 2.56. The summed E-state index contributed by atoms with van der Waals surface area (Å²) in [7, 11) is 1.40.